The van der Waals surface area contributed by atoms with Gasteiger partial charge in [0.1, 0.15) is 5.82 Å². The monoisotopic (exact) mass is 405 g/mol. The molecular weight excluding hydrogens is 383 g/mol. The van der Waals surface area contributed by atoms with E-state index >= 15 is 0 Å². The number of halogens is 4. The second-order valence-corrected chi connectivity index (χ2v) is 6.41. The summed E-state index contributed by atoms with van der Waals surface area (Å²) in [7, 11) is 0. The fourth-order valence-corrected chi connectivity index (χ4v) is 3.28. The van der Waals surface area contributed by atoms with E-state index in [0.29, 0.717) is 17.0 Å². The molecule has 1 aliphatic rings. The number of hydrogen-bond donors (Lipinski definition) is 0. The summed E-state index contributed by atoms with van der Waals surface area (Å²) in [6.07, 6.45) is -0.784. The van der Waals surface area contributed by atoms with Gasteiger partial charge in [-0.1, -0.05) is 68.4 Å². The van der Waals surface area contributed by atoms with Crippen LogP contribution in [0.5, 0.6) is 0 Å². The first kappa shape index (κ1) is 21.8. The van der Waals surface area contributed by atoms with E-state index in [-0.39, 0.29) is 10.6 Å². The van der Waals surface area contributed by atoms with Crippen LogP contribution in [0.3, 0.4) is 0 Å². The van der Waals surface area contributed by atoms with Crippen LogP contribution in [0.1, 0.15) is 31.9 Å². The van der Waals surface area contributed by atoms with E-state index < -0.39 is 18.8 Å². The summed E-state index contributed by atoms with van der Waals surface area (Å²) in [6, 6.07) is 13.5. The third-order valence-corrected chi connectivity index (χ3v) is 4.59. The Hall–Kier alpha value is -2.46. The Morgan fingerprint density at radius 2 is 1.68 bits per heavy atom. The van der Waals surface area contributed by atoms with Gasteiger partial charge in [-0.15, -0.1) is 0 Å². The maximum atomic E-state index is 14.7. The van der Waals surface area contributed by atoms with Gasteiger partial charge in [0, 0.05) is 11.3 Å². The van der Waals surface area contributed by atoms with E-state index in [1.165, 1.54) is 17.0 Å². The van der Waals surface area contributed by atoms with Gasteiger partial charge in [0.2, 0.25) is 0 Å². The molecule has 0 bridgehead atoms. The van der Waals surface area contributed by atoms with Crippen LogP contribution >= 0.6 is 11.6 Å². The summed E-state index contributed by atoms with van der Waals surface area (Å²) in [6.45, 7) is 9.12. The molecule has 1 heterocycles. The maximum absolute atomic E-state index is 14.7. The van der Waals surface area contributed by atoms with Gasteiger partial charge in [-0.2, -0.15) is 0 Å². The molecular formula is C23H23ClF3N. The third-order valence-electron chi connectivity index (χ3n) is 4.27. The summed E-state index contributed by atoms with van der Waals surface area (Å²) in [5.41, 5.74) is 2.95. The Labute approximate surface area is 169 Å². The number of hydrogen-bond acceptors (Lipinski definition) is 1. The van der Waals surface area contributed by atoms with Crippen molar-refractivity contribution in [3.8, 4) is 0 Å². The van der Waals surface area contributed by atoms with Gasteiger partial charge in [-0.05, 0) is 36.3 Å². The Kier molecular flexibility index (Phi) is 7.53. The fraction of sp³-hybridized carbons (Fsp3) is 0.217. The summed E-state index contributed by atoms with van der Waals surface area (Å²) >= 11 is 6.26. The molecule has 0 atom stereocenters. The zero-order valence-corrected chi connectivity index (χ0v) is 16.9. The minimum atomic E-state index is -2.62. The van der Waals surface area contributed by atoms with Crippen LogP contribution in [0.25, 0.3) is 11.3 Å². The van der Waals surface area contributed by atoms with Crippen LogP contribution in [0.2, 0.25) is 5.02 Å². The van der Waals surface area contributed by atoms with Crippen molar-refractivity contribution in [2.45, 2.75) is 27.2 Å². The van der Waals surface area contributed by atoms with E-state index in [4.69, 9.17) is 11.6 Å². The van der Waals surface area contributed by atoms with Gasteiger partial charge in [0.15, 0.2) is 0 Å². The second-order valence-electron chi connectivity index (χ2n) is 6.00. The maximum Gasteiger partial charge on any atom is 0.256 e. The lowest BCUT2D eigenvalue weighted by Crippen LogP contribution is -2.30. The Morgan fingerprint density at radius 1 is 1.04 bits per heavy atom. The highest BCUT2D eigenvalue weighted by Gasteiger charge is 2.29. The quantitative estimate of drug-likeness (QED) is 0.511. The van der Waals surface area contributed by atoms with Gasteiger partial charge in [-0.25, -0.2) is 13.2 Å². The highest BCUT2D eigenvalue weighted by molar-refractivity contribution is 6.32. The predicted molar refractivity (Wildman–Crippen MR) is 112 cm³/mol. The minimum absolute atomic E-state index is 0.0959. The van der Waals surface area contributed by atoms with Crippen molar-refractivity contribution in [2.24, 2.45) is 0 Å². The first-order valence-corrected chi connectivity index (χ1v) is 9.45. The number of rotatable bonds is 4. The number of benzene rings is 2. The molecule has 0 fully saturated rings. The lowest BCUT2D eigenvalue weighted by Gasteiger charge is -2.35. The van der Waals surface area contributed by atoms with Crippen molar-refractivity contribution in [3.05, 3.63) is 94.4 Å². The third kappa shape index (κ3) is 4.50. The molecule has 0 radical (unpaired) electrons. The van der Waals surface area contributed by atoms with Gasteiger partial charge in [0.25, 0.3) is 6.43 Å². The molecule has 0 aromatic heterocycles. The molecule has 0 saturated heterocycles. The summed E-state index contributed by atoms with van der Waals surface area (Å²) in [5.74, 6) is -0.569. The molecule has 0 aliphatic carbocycles. The smallest absolute Gasteiger partial charge is 0.256 e. The molecule has 1 aliphatic heterocycles. The molecule has 3 rings (SSSR count). The number of allylic oxidation sites excluding steroid dienone is 3. The number of alkyl halides is 2. The highest BCUT2D eigenvalue weighted by atomic mass is 35.5. The van der Waals surface area contributed by atoms with Crippen molar-refractivity contribution in [1.29, 1.82) is 0 Å². The van der Waals surface area contributed by atoms with E-state index in [2.05, 4.69) is 6.58 Å². The van der Waals surface area contributed by atoms with E-state index in [1.54, 1.807) is 13.0 Å². The first-order valence-electron chi connectivity index (χ1n) is 9.07. The average molecular weight is 406 g/mol. The molecule has 1 nitrogen and oxygen atoms in total. The minimum Gasteiger partial charge on any atom is -0.335 e. The summed E-state index contributed by atoms with van der Waals surface area (Å²) in [4.78, 5) is 1.35. The lowest BCUT2D eigenvalue weighted by molar-refractivity contribution is 0.123. The van der Waals surface area contributed by atoms with Crippen molar-refractivity contribution >= 4 is 22.9 Å². The molecule has 148 valence electrons. The van der Waals surface area contributed by atoms with Crippen LogP contribution < -0.4 is 0 Å². The van der Waals surface area contributed by atoms with Crippen molar-refractivity contribution in [3.63, 3.8) is 0 Å². The molecule has 0 N–H and O–H groups in total. The van der Waals surface area contributed by atoms with E-state index in [0.717, 1.165) is 11.1 Å². The van der Waals surface area contributed by atoms with E-state index in [9.17, 15) is 13.2 Å². The largest absolute Gasteiger partial charge is 0.335 e. The standard InChI is InChI=1S/C21H17ClF3N.C2H6/c1-13-11-16(15-7-4-3-5-8-15)21(26(14(13)2)12-19(24)25)20-17(22)9-6-10-18(20)23;1-2/h3-11,19H,2,12H2,1H3;1-2H3. The Morgan fingerprint density at radius 3 is 2.25 bits per heavy atom. The van der Waals surface area contributed by atoms with Crippen LogP contribution in [0.15, 0.2) is 72.5 Å². The number of nitrogens with zero attached hydrogens (tertiary/aromatic N) is 1. The van der Waals surface area contributed by atoms with Crippen molar-refractivity contribution in [2.75, 3.05) is 6.54 Å². The topological polar surface area (TPSA) is 3.24 Å². The van der Waals surface area contributed by atoms with Gasteiger partial charge in [-0.3, -0.25) is 0 Å². The normalized spacial score (nSPS) is 14.1. The van der Waals surface area contributed by atoms with E-state index in [1.807, 2.05) is 50.3 Å². The first-order chi connectivity index (χ1) is 13.4. The van der Waals surface area contributed by atoms with Gasteiger partial charge in [0.05, 0.1) is 22.8 Å². The average Bonchev–Trinajstić information content (AvgIpc) is 2.68. The molecule has 28 heavy (non-hydrogen) atoms. The van der Waals surface area contributed by atoms with Gasteiger partial charge >= 0.3 is 0 Å². The van der Waals surface area contributed by atoms with Gasteiger partial charge < -0.3 is 4.90 Å². The zero-order chi connectivity index (χ0) is 20.8. The predicted octanol–water partition coefficient (Wildman–Crippen LogP) is 7.41. The Balaban J connectivity index is 0.00000136. The lowest BCUT2D eigenvalue weighted by atomic mass is 9.92. The molecule has 0 amide bonds. The van der Waals surface area contributed by atoms with Crippen LogP contribution in [-0.2, 0) is 0 Å². The van der Waals surface area contributed by atoms with Crippen molar-refractivity contribution < 1.29 is 13.2 Å². The van der Waals surface area contributed by atoms with Crippen molar-refractivity contribution in [1.82, 2.24) is 4.90 Å². The molecule has 0 saturated carbocycles. The second kappa shape index (κ2) is 9.65. The van der Waals surface area contributed by atoms with Crippen LogP contribution in [0, 0.1) is 5.82 Å². The van der Waals surface area contributed by atoms with Crippen LogP contribution in [-0.4, -0.2) is 17.9 Å². The Bertz CT molecular complexity index is 881. The molecule has 2 aromatic carbocycles. The SMILES string of the molecule is C=C1C(C)=CC(c2ccccc2)=C(c2c(F)cccc2Cl)N1CC(F)F.CC. The summed E-state index contributed by atoms with van der Waals surface area (Å²) in [5, 5.41) is 0.161. The summed E-state index contributed by atoms with van der Waals surface area (Å²) < 4.78 is 41.3. The van der Waals surface area contributed by atoms with Crippen LogP contribution in [0.4, 0.5) is 13.2 Å². The molecule has 0 spiro atoms. The molecule has 0 unspecified atom stereocenters. The molecule has 2 aromatic rings. The fourth-order valence-electron chi connectivity index (χ4n) is 3.03. The molecule has 5 heteroatoms. The zero-order valence-electron chi connectivity index (χ0n) is 16.1. The highest BCUT2D eigenvalue weighted by Crippen LogP contribution is 2.42.